The van der Waals surface area contributed by atoms with E-state index in [9.17, 15) is 14.9 Å². The Kier molecular flexibility index (Phi) is 3.87. The van der Waals surface area contributed by atoms with Gasteiger partial charge in [-0.25, -0.2) is 0 Å². The van der Waals surface area contributed by atoms with Crippen LogP contribution in [-0.4, -0.2) is 36.9 Å². The van der Waals surface area contributed by atoms with Crippen LogP contribution in [0, 0.1) is 17.0 Å². The molecule has 112 valence electrons. The summed E-state index contributed by atoms with van der Waals surface area (Å²) in [5, 5.41) is 21.0. The Hall–Kier alpha value is -2.91. The first-order chi connectivity index (χ1) is 9.90. The van der Waals surface area contributed by atoms with Gasteiger partial charge in [-0.2, -0.15) is 9.78 Å². The molecule has 0 atom stereocenters. The molecule has 1 amide bonds. The monoisotopic (exact) mass is 293 g/mol. The van der Waals surface area contributed by atoms with Gasteiger partial charge < -0.3 is 21.2 Å². The SMILES string of the molecule is Cc1cc([N+](=O)[O-])nn1CCNC(=O)c1c(N)cnn1C. The van der Waals surface area contributed by atoms with Gasteiger partial charge in [0.25, 0.3) is 5.91 Å². The minimum atomic E-state index is -0.557. The highest BCUT2D eigenvalue weighted by molar-refractivity contribution is 5.97. The first-order valence-corrected chi connectivity index (χ1v) is 6.14. The molecule has 0 fully saturated rings. The third-order valence-corrected chi connectivity index (χ3v) is 2.95. The molecule has 2 aromatic rings. The summed E-state index contributed by atoms with van der Waals surface area (Å²) in [4.78, 5) is 22.0. The quantitative estimate of drug-likeness (QED) is 0.581. The van der Waals surface area contributed by atoms with Crippen LogP contribution in [0.25, 0.3) is 0 Å². The van der Waals surface area contributed by atoms with Gasteiger partial charge in [0.2, 0.25) is 0 Å². The summed E-state index contributed by atoms with van der Waals surface area (Å²) in [5.74, 6) is -0.568. The highest BCUT2D eigenvalue weighted by atomic mass is 16.6. The lowest BCUT2D eigenvalue weighted by Crippen LogP contribution is -2.30. The van der Waals surface area contributed by atoms with E-state index in [1.165, 1.54) is 21.6 Å². The van der Waals surface area contributed by atoms with E-state index in [2.05, 4.69) is 15.5 Å². The van der Waals surface area contributed by atoms with Gasteiger partial charge in [-0.05, 0) is 11.8 Å². The molecule has 0 spiro atoms. The van der Waals surface area contributed by atoms with Crippen LogP contribution in [0.3, 0.4) is 0 Å². The predicted molar refractivity (Wildman–Crippen MR) is 73.6 cm³/mol. The summed E-state index contributed by atoms with van der Waals surface area (Å²) < 4.78 is 2.85. The number of hydrogen-bond donors (Lipinski definition) is 2. The molecule has 0 saturated heterocycles. The number of aromatic nitrogens is 4. The van der Waals surface area contributed by atoms with Gasteiger partial charge in [-0.3, -0.25) is 9.48 Å². The fourth-order valence-electron chi connectivity index (χ4n) is 1.90. The Morgan fingerprint density at radius 2 is 2.29 bits per heavy atom. The number of anilines is 1. The molecule has 0 aliphatic rings. The number of aryl methyl sites for hydroxylation is 2. The van der Waals surface area contributed by atoms with E-state index in [0.717, 1.165) is 0 Å². The van der Waals surface area contributed by atoms with Crippen LogP contribution < -0.4 is 11.1 Å². The Balaban J connectivity index is 1.96. The van der Waals surface area contributed by atoms with Gasteiger partial charge >= 0.3 is 5.82 Å². The summed E-state index contributed by atoms with van der Waals surface area (Å²) >= 11 is 0. The second-order valence-electron chi connectivity index (χ2n) is 4.45. The Labute approximate surface area is 119 Å². The molecule has 10 nitrogen and oxygen atoms in total. The van der Waals surface area contributed by atoms with Crippen molar-refractivity contribution in [3.63, 3.8) is 0 Å². The number of nitrogens with one attached hydrogen (secondary N) is 1. The molecule has 2 rings (SSSR count). The van der Waals surface area contributed by atoms with Gasteiger partial charge in [-0.15, -0.1) is 0 Å². The smallest absolute Gasteiger partial charge is 0.390 e. The number of nitrogens with zero attached hydrogens (tertiary/aromatic N) is 5. The van der Waals surface area contributed by atoms with Crippen molar-refractivity contribution in [3.05, 3.63) is 33.8 Å². The van der Waals surface area contributed by atoms with Gasteiger partial charge in [0, 0.05) is 13.6 Å². The van der Waals surface area contributed by atoms with E-state index in [4.69, 9.17) is 5.73 Å². The summed E-state index contributed by atoms with van der Waals surface area (Å²) in [6.45, 7) is 2.30. The number of rotatable bonds is 5. The lowest BCUT2D eigenvalue weighted by atomic mass is 10.3. The molecule has 2 aromatic heterocycles. The van der Waals surface area contributed by atoms with Crippen molar-refractivity contribution >= 4 is 17.4 Å². The van der Waals surface area contributed by atoms with Crippen LogP contribution in [0.4, 0.5) is 11.5 Å². The Morgan fingerprint density at radius 1 is 1.57 bits per heavy atom. The molecule has 0 unspecified atom stereocenters. The maximum Gasteiger partial charge on any atom is 0.390 e. The number of nitro groups is 1. The fourth-order valence-corrected chi connectivity index (χ4v) is 1.90. The van der Waals surface area contributed by atoms with Crippen molar-refractivity contribution in [3.8, 4) is 0 Å². The van der Waals surface area contributed by atoms with Crippen molar-refractivity contribution in [1.29, 1.82) is 0 Å². The number of amides is 1. The summed E-state index contributed by atoms with van der Waals surface area (Å²) in [6, 6.07) is 1.38. The van der Waals surface area contributed by atoms with E-state index in [0.29, 0.717) is 17.9 Å². The first-order valence-electron chi connectivity index (χ1n) is 6.14. The standard InChI is InChI=1S/C11H15N7O3/c1-7-5-9(18(20)21)15-17(7)4-3-13-11(19)10-8(12)6-14-16(10)2/h5-6H,3-4,12H2,1-2H3,(H,13,19). The van der Waals surface area contributed by atoms with Crippen molar-refractivity contribution in [2.24, 2.45) is 7.05 Å². The molecule has 0 aliphatic heterocycles. The topological polar surface area (TPSA) is 134 Å². The maximum atomic E-state index is 11.9. The van der Waals surface area contributed by atoms with Crippen molar-refractivity contribution in [2.75, 3.05) is 12.3 Å². The lowest BCUT2D eigenvalue weighted by Gasteiger charge is -2.05. The van der Waals surface area contributed by atoms with Crippen LogP contribution in [0.1, 0.15) is 16.2 Å². The molecular weight excluding hydrogens is 278 g/mol. The van der Waals surface area contributed by atoms with Crippen LogP contribution in [0.2, 0.25) is 0 Å². The van der Waals surface area contributed by atoms with Crippen molar-refractivity contribution in [1.82, 2.24) is 24.9 Å². The minimum Gasteiger partial charge on any atom is -0.396 e. The van der Waals surface area contributed by atoms with Gasteiger partial charge in [-0.1, -0.05) is 0 Å². The van der Waals surface area contributed by atoms with Crippen LogP contribution in [-0.2, 0) is 13.6 Å². The fraction of sp³-hybridized carbons (Fsp3) is 0.364. The number of nitrogens with two attached hydrogens (primary N) is 1. The molecule has 0 bridgehead atoms. The zero-order chi connectivity index (χ0) is 15.6. The largest absolute Gasteiger partial charge is 0.396 e. The Bertz CT molecular complexity index is 669. The van der Waals surface area contributed by atoms with Crippen molar-refractivity contribution in [2.45, 2.75) is 13.5 Å². The zero-order valence-corrected chi connectivity index (χ0v) is 11.6. The van der Waals surface area contributed by atoms with Gasteiger partial charge in [0.05, 0.1) is 35.3 Å². The molecule has 21 heavy (non-hydrogen) atoms. The number of hydrogen-bond acceptors (Lipinski definition) is 6. The van der Waals surface area contributed by atoms with E-state index < -0.39 is 4.92 Å². The summed E-state index contributed by atoms with van der Waals surface area (Å²) in [6.07, 6.45) is 1.40. The predicted octanol–water partition coefficient (Wildman–Crippen LogP) is -0.155. The third kappa shape index (κ3) is 2.99. The van der Waals surface area contributed by atoms with Gasteiger partial charge in [0.15, 0.2) is 0 Å². The molecule has 0 saturated carbocycles. The molecule has 0 radical (unpaired) electrons. The maximum absolute atomic E-state index is 11.9. The first kappa shape index (κ1) is 14.5. The minimum absolute atomic E-state index is 0.213. The highest BCUT2D eigenvalue weighted by Crippen LogP contribution is 2.11. The second-order valence-corrected chi connectivity index (χ2v) is 4.45. The van der Waals surface area contributed by atoms with Crippen molar-refractivity contribution < 1.29 is 9.72 Å². The second kappa shape index (κ2) is 5.61. The number of nitrogen functional groups attached to an aromatic ring is 1. The molecule has 10 heteroatoms. The van der Waals surface area contributed by atoms with Gasteiger partial charge in [0.1, 0.15) is 5.69 Å². The third-order valence-electron chi connectivity index (χ3n) is 2.95. The number of carbonyl (C=O) groups is 1. The summed E-state index contributed by atoms with van der Waals surface area (Å²) in [7, 11) is 1.62. The Morgan fingerprint density at radius 3 is 2.81 bits per heavy atom. The molecular formula is C11H15N7O3. The highest BCUT2D eigenvalue weighted by Gasteiger charge is 2.17. The van der Waals surface area contributed by atoms with Crippen LogP contribution >= 0.6 is 0 Å². The lowest BCUT2D eigenvalue weighted by molar-refractivity contribution is -0.389. The normalized spacial score (nSPS) is 10.6. The van der Waals surface area contributed by atoms with Crippen LogP contribution in [0.15, 0.2) is 12.3 Å². The van der Waals surface area contributed by atoms with Crippen LogP contribution in [0.5, 0.6) is 0 Å². The summed E-state index contributed by atoms with van der Waals surface area (Å²) in [5.41, 5.74) is 6.87. The average molecular weight is 293 g/mol. The van der Waals surface area contributed by atoms with E-state index >= 15 is 0 Å². The zero-order valence-electron chi connectivity index (χ0n) is 11.6. The molecule has 0 aromatic carbocycles. The molecule has 2 heterocycles. The van der Waals surface area contributed by atoms with E-state index in [1.54, 1.807) is 14.0 Å². The van der Waals surface area contributed by atoms with E-state index in [1.807, 2.05) is 0 Å². The van der Waals surface area contributed by atoms with E-state index in [-0.39, 0.29) is 24.0 Å². The average Bonchev–Trinajstić information content (AvgIpc) is 2.93. The molecule has 3 N–H and O–H groups in total. The molecule has 0 aliphatic carbocycles. The number of carbonyl (C=O) groups excluding carboxylic acids is 1.